The molecule has 2 atom stereocenters. The van der Waals surface area contributed by atoms with Crippen LogP contribution in [0.3, 0.4) is 0 Å². The maximum absolute atomic E-state index is 12.5. The van der Waals surface area contributed by atoms with E-state index in [4.69, 9.17) is 21.1 Å². The molecule has 0 saturated heterocycles. The van der Waals surface area contributed by atoms with Crippen molar-refractivity contribution in [3.63, 3.8) is 0 Å². The SMILES string of the molecule is CC(C)c1ccccc1NC(=O)[C@@H](C)OC(=O)[C@H]1COc2ccc(Cl)cc2C1. The molecular weight excluding hydrogens is 378 g/mol. The second-order valence-electron chi connectivity index (χ2n) is 7.27. The molecule has 28 heavy (non-hydrogen) atoms. The third kappa shape index (κ3) is 4.65. The molecule has 1 N–H and O–H groups in total. The van der Waals surface area contributed by atoms with E-state index in [0.717, 1.165) is 22.6 Å². The van der Waals surface area contributed by atoms with E-state index in [9.17, 15) is 9.59 Å². The smallest absolute Gasteiger partial charge is 0.313 e. The molecule has 6 heteroatoms. The number of rotatable bonds is 5. The summed E-state index contributed by atoms with van der Waals surface area (Å²) in [6, 6.07) is 12.9. The highest BCUT2D eigenvalue weighted by atomic mass is 35.5. The number of amides is 1. The van der Waals surface area contributed by atoms with E-state index in [0.29, 0.717) is 11.4 Å². The molecule has 1 aliphatic heterocycles. The normalized spacial score (nSPS) is 16.7. The van der Waals surface area contributed by atoms with Gasteiger partial charge in [0.05, 0.1) is 5.92 Å². The fourth-order valence-corrected chi connectivity index (χ4v) is 3.38. The maximum Gasteiger partial charge on any atom is 0.313 e. The Morgan fingerprint density at radius 3 is 2.68 bits per heavy atom. The summed E-state index contributed by atoms with van der Waals surface area (Å²) in [4.78, 5) is 25.0. The monoisotopic (exact) mass is 401 g/mol. The van der Waals surface area contributed by atoms with Gasteiger partial charge in [0.25, 0.3) is 5.91 Å². The van der Waals surface area contributed by atoms with Crippen LogP contribution in [-0.4, -0.2) is 24.6 Å². The fraction of sp³-hybridized carbons (Fsp3) is 0.364. The van der Waals surface area contributed by atoms with Crippen molar-refractivity contribution in [2.45, 2.75) is 39.2 Å². The van der Waals surface area contributed by atoms with E-state index >= 15 is 0 Å². The van der Waals surface area contributed by atoms with Gasteiger partial charge in [0.15, 0.2) is 6.10 Å². The van der Waals surface area contributed by atoms with Crippen LogP contribution in [0, 0.1) is 5.92 Å². The average Bonchev–Trinajstić information content (AvgIpc) is 2.67. The first-order valence-electron chi connectivity index (χ1n) is 9.36. The van der Waals surface area contributed by atoms with Gasteiger partial charge in [0, 0.05) is 10.7 Å². The van der Waals surface area contributed by atoms with Crippen LogP contribution in [0.2, 0.25) is 5.02 Å². The Kier molecular flexibility index (Phi) is 6.25. The molecule has 2 aromatic carbocycles. The van der Waals surface area contributed by atoms with Gasteiger partial charge in [0.2, 0.25) is 0 Å². The Bertz CT molecular complexity index is 881. The summed E-state index contributed by atoms with van der Waals surface area (Å²) in [5.74, 6) is -0.290. The third-order valence-electron chi connectivity index (χ3n) is 4.77. The summed E-state index contributed by atoms with van der Waals surface area (Å²) in [5.41, 5.74) is 2.63. The molecular formula is C22H24ClNO4. The minimum Gasteiger partial charge on any atom is -0.492 e. The molecule has 2 aromatic rings. The van der Waals surface area contributed by atoms with Gasteiger partial charge < -0.3 is 14.8 Å². The number of para-hydroxylation sites is 1. The molecule has 1 heterocycles. The van der Waals surface area contributed by atoms with Crippen LogP contribution in [0.4, 0.5) is 5.69 Å². The molecule has 0 bridgehead atoms. The largest absolute Gasteiger partial charge is 0.492 e. The number of hydrogen-bond donors (Lipinski definition) is 1. The Morgan fingerprint density at radius 2 is 1.93 bits per heavy atom. The molecule has 0 radical (unpaired) electrons. The zero-order valence-electron chi connectivity index (χ0n) is 16.2. The van der Waals surface area contributed by atoms with Crippen LogP contribution >= 0.6 is 11.6 Å². The van der Waals surface area contributed by atoms with Gasteiger partial charge in [0.1, 0.15) is 12.4 Å². The zero-order valence-corrected chi connectivity index (χ0v) is 17.0. The van der Waals surface area contributed by atoms with Crippen LogP contribution in [-0.2, 0) is 20.7 Å². The number of benzene rings is 2. The second kappa shape index (κ2) is 8.65. The van der Waals surface area contributed by atoms with Gasteiger partial charge in [-0.3, -0.25) is 9.59 Å². The van der Waals surface area contributed by atoms with Crippen molar-refractivity contribution in [3.05, 3.63) is 58.6 Å². The lowest BCUT2D eigenvalue weighted by Crippen LogP contribution is -2.36. The highest BCUT2D eigenvalue weighted by Gasteiger charge is 2.30. The van der Waals surface area contributed by atoms with E-state index < -0.39 is 18.0 Å². The van der Waals surface area contributed by atoms with Crippen molar-refractivity contribution in [2.24, 2.45) is 5.92 Å². The van der Waals surface area contributed by atoms with Crippen molar-refractivity contribution < 1.29 is 19.1 Å². The lowest BCUT2D eigenvalue weighted by atomic mass is 9.97. The first-order chi connectivity index (χ1) is 13.3. The standard InChI is InChI=1S/C22H24ClNO4/c1-13(2)18-6-4-5-7-19(18)24-21(25)14(3)28-22(26)16-10-15-11-17(23)8-9-20(15)27-12-16/h4-9,11,13-14,16H,10,12H2,1-3H3,(H,24,25)/t14-,16-/m1/s1. The van der Waals surface area contributed by atoms with Gasteiger partial charge in [-0.25, -0.2) is 0 Å². The quantitative estimate of drug-likeness (QED) is 0.744. The number of ether oxygens (including phenoxy) is 2. The zero-order chi connectivity index (χ0) is 20.3. The first kappa shape index (κ1) is 20.2. The molecule has 0 aromatic heterocycles. The molecule has 0 spiro atoms. The number of anilines is 1. The molecule has 0 fully saturated rings. The average molecular weight is 402 g/mol. The Balaban J connectivity index is 1.61. The van der Waals surface area contributed by atoms with Gasteiger partial charge in [-0.2, -0.15) is 0 Å². The van der Waals surface area contributed by atoms with E-state index in [1.165, 1.54) is 0 Å². The number of carbonyl (C=O) groups is 2. The summed E-state index contributed by atoms with van der Waals surface area (Å²) < 4.78 is 11.0. The van der Waals surface area contributed by atoms with Crippen LogP contribution < -0.4 is 10.1 Å². The highest BCUT2D eigenvalue weighted by Crippen LogP contribution is 2.30. The first-order valence-corrected chi connectivity index (χ1v) is 9.74. The van der Waals surface area contributed by atoms with Gasteiger partial charge in [-0.1, -0.05) is 43.6 Å². The van der Waals surface area contributed by atoms with E-state index in [1.807, 2.05) is 24.3 Å². The van der Waals surface area contributed by atoms with Crippen LogP contribution in [0.15, 0.2) is 42.5 Å². The van der Waals surface area contributed by atoms with Crippen molar-refractivity contribution in [2.75, 3.05) is 11.9 Å². The highest BCUT2D eigenvalue weighted by molar-refractivity contribution is 6.30. The van der Waals surface area contributed by atoms with Gasteiger partial charge in [-0.05, 0) is 54.7 Å². The van der Waals surface area contributed by atoms with Gasteiger partial charge in [-0.15, -0.1) is 0 Å². The van der Waals surface area contributed by atoms with Crippen LogP contribution in [0.5, 0.6) is 5.75 Å². The minimum absolute atomic E-state index is 0.220. The molecule has 5 nitrogen and oxygen atoms in total. The Morgan fingerprint density at radius 1 is 1.18 bits per heavy atom. The summed E-state index contributed by atoms with van der Waals surface area (Å²) in [6.07, 6.45) is -0.437. The topological polar surface area (TPSA) is 64.6 Å². The minimum atomic E-state index is -0.909. The van der Waals surface area contributed by atoms with E-state index in [2.05, 4.69) is 19.2 Å². The number of carbonyl (C=O) groups excluding carboxylic acids is 2. The van der Waals surface area contributed by atoms with E-state index in [-0.39, 0.29) is 18.4 Å². The van der Waals surface area contributed by atoms with Crippen molar-refractivity contribution in [1.82, 2.24) is 0 Å². The molecule has 0 saturated carbocycles. The van der Waals surface area contributed by atoms with Gasteiger partial charge >= 0.3 is 5.97 Å². The number of hydrogen-bond acceptors (Lipinski definition) is 4. The van der Waals surface area contributed by atoms with Crippen molar-refractivity contribution >= 4 is 29.2 Å². The molecule has 1 aliphatic rings. The summed E-state index contributed by atoms with van der Waals surface area (Å²) in [6.45, 7) is 5.90. The molecule has 1 amide bonds. The second-order valence-corrected chi connectivity index (χ2v) is 7.71. The number of halogens is 1. The van der Waals surface area contributed by atoms with E-state index in [1.54, 1.807) is 25.1 Å². The van der Waals surface area contributed by atoms with Crippen molar-refractivity contribution in [3.8, 4) is 5.75 Å². The number of fused-ring (bicyclic) bond motifs is 1. The molecule has 0 aliphatic carbocycles. The van der Waals surface area contributed by atoms with Crippen molar-refractivity contribution in [1.29, 1.82) is 0 Å². The lowest BCUT2D eigenvalue weighted by molar-refractivity contribution is -0.158. The lowest BCUT2D eigenvalue weighted by Gasteiger charge is -2.25. The van der Waals surface area contributed by atoms with Crippen LogP contribution in [0.25, 0.3) is 0 Å². The summed E-state index contributed by atoms with van der Waals surface area (Å²) in [7, 11) is 0. The maximum atomic E-state index is 12.5. The summed E-state index contributed by atoms with van der Waals surface area (Å²) >= 11 is 6.02. The Labute approximate surface area is 170 Å². The third-order valence-corrected chi connectivity index (χ3v) is 5.00. The fourth-order valence-electron chi connectivity index (χ4n) is 3.19. The Hall–Kier alpha value is -2.53. The number of esters is 1. The molecule has 148 valence electrons. The predicted molar refractivity (Wildman–Crippen MR) is 109 cm³/mol. The van der Waals surface area contributed by atoms with Crippen LogP contribution in [0.1, 0.15) is 37.8 Å². The predicted octanol–water partition coefficient (Wildman–Crippen LogP) is 4.58. The number of nitrogens with one attached hydrogen (secondary N) is 1. The molecule has 0 unspecified atom stereocenters. The molecule has 3 rings (SSSR count). The summed E-state index contributed by atoms with van der Waals surface area (Å²) in [5, 5.41) is 3.45.